The van der Waals surface area contributed by atoms with Gasteiger partial charge in [-0.05, 0) is 36.8 Å². The van der Waals surface area contributed by atoms with E-state index in [9.17, 15) is 0 Å². The molecular formula is C17H22N4. The van der Waals surface area contributed by atoms with Gasteiger partial charge in [-0.1, -0.05) is 18.2 Å². The van der Waals surface area contributed by atoms with Crippen molar-refractivity contribution in [3.05, 3.63) is 54.2 Å². The van der Waals surface area contributed by atoms with E-state index in [2.05, 4.69) is 45.1 Å². The zero-order valence-corrected chi connectivity index (χ0v) is 12.4. The van der Waals surface area contributed by atoms with Crippen molar-refractivity contribution in [3.8, 4) is 0 Å². The lowest BCUT2D eigenvalue weighted by molar-refractivity contribution is 0.647. The monoisotopic (exact) mass is 282 g/mol. The minimum absolute atomic E-state index is 0.0831. The van der Waals surface area contributed by atoms with Crippen molar-refractivity contribution in [2.75, 3.05) is 36.0 Å². The molecule has 0 unspecified atom stereocenters. The molecule has 4 nitrogen and oxygen atoms in total. The molecule has 0 saturated carbocycles. The third kappa shape index (κ3) is 3.16. The second-order valence-electron chi connectivity index (χ2n) is 5.55. The van der Waals surface area contributed by atoms with Crippen molar-refractivity contribution in [1.29, 1.82) is 0 Å². The van der Waals surface area contributed by atoms with E-state index in [1.165, 1.54) is 11.3 Å². The van der Waals surface area contributed by atoms with Gasteiger partial charge in [0.2, 0.25) is 0 Å². The molecular weight excluding hydrogens is 260 g/mol. The van der Waals surface area contributed by atoms with Crippen LogP contribution in [0.3, 0.4) is 0 Å². The van der Waals surface area contributed by atoms with Crippen molar-refractivity contribution in [2.45, 2.75) is 13.0 Å². The molecule has 1 aromatic carbocycles. The Balaban J connectivity index is 1.67. The van der Waals surface area contributed by atoms with Crippen LogP contribution in [-0.4, -0.2) is 31.2 Å². The molecule has 4 heteroatoms. The fraction of sp³-hybridized carbons (Fsp3) is 0.353. The summed E-state index contributed by atoms with van der Waals surface area (Å²) in [5.41, 5.74) is 8.44. The Morgan fingerprint density at radius 3 is 2.43 bits per heavy atom. The largest absolute Gasteiger partial charge is 0.368 e. The first-order valence-corrected chi connectivity index (χ1v) is 7.50. The van der Waals surface area contributed by atoms with Crippen LogP contribution in [0.5, 0.6) is 0 Å². The molecule has 0 amide bonds. The normalized spacial score (nSPS) is 16.9. The maximum atomic E-state index is 5.98. The lowest BCUT2D eigenvalue weighted by Crippen LogP contribution is -2.46. The van der Waals surface area contributed by atoms with Gasteiger partial charge in [0.05, 0.1) is 0 Å². The van der Waals surface area contributed by atoms with E-state index in [1.807, 2.05) is 25.3 Å². The lowest BCUT2D eigenvalue weighted by Gasteiger charge is -2.37. The molecule has 0 aliphatic carbocycles. The summed E-state index contributed by atoms with van der Waals surface area (Å²) in [6, 6.07) is 14.7. The van der Waals surface area contributed by atoms with Gasteiger partial charge in [0.15, 0.2) is 0 Å². The second kappa shape index (κ2) is 6.14. The van der Waals surface area contributed by atoms with Gasteiger partial charge in [-0.15, -0.1) is 0 Å². The van der Waals surface area contributed by atoms with Crippen LogP contribution in [0.15, 0.2) is 48.7 Å². The van der Waals surface area contributed by atoms with Crippen LogP contribution in [-0.2, 0) is 0 Å². The summed E-state index contributed by atoms with van der Waals surface area (Å²) in [7, 11) is 0. The second-order valence-corrected chi connectivity index (χ2v) is 5.55. The summed E-state index contributed by atoms with van der Waals surface area (Å²) >= 11 is 0. The Morgan fingerprint density at radius 1 is 1.00 bits per heavy atom. The third-order valence-electron chi connectivity index (χ3n) is 4.01. The Hall–Kier alpha value is -2.07. The summed E-state index contributed by atoms with van der Waals surface area (Å²) in [5.74, 6) is 1.07. The van der Waals surface area contributed by atoms with Crippen LogP contribution in [0.25, 0.3) is 0 Å². The number of hydrogen-bond acceptors (Lipinski definition) is 4. The van der Waals surface area contributed by atoms with Gasteiger partial charge in [-0.2, -0.15) is 0 Å². The highest BCUT2D eigenvalue weighted by Crippen LogP contribution is 2.22. The zero-order chi connectivity index (χ0) is 14.7. The predicted molar refractivity (Wildman–Crippen MR) is 87.7 cm³/mol. The third-order valence-corrected chi connectivity index (χ3v) is 4.01. The highest BCUT2D eigenvalue weighted by Gasteiger charge is 2.18. The number of nitrogens with two attached hydrogens (primary N) is 1. The first kappa shape index (κ1) is 13.9. The topological polar surface area (TPSA) is 45.4 Å². The van der Waals surface area contributed by atoms with E-state index in [4.69, 9.17) is 5.73 Å². The van der Waals surface area contributed by atoms with Crippen LogP contribution in [0.2, 0.25) is 0 Å². The maximum Gasteiger partial charge on any atom is 0.128 e. The van der Waals surface area contributed by atoms with Crippen LogP contribution in [0.4, 0.5) is 11.5 Å². The predicted octanol–water partition coefficient (Wildman–Crippen LogP) is 2.43. The minimum atomic E-state index is 0.0831. The molecule has 1 aliphatic rings. The van der Waals surface area contributed by atoms with E-state index in [1.54, 1.807) is 0 Å². The van der Waals surface area contributed by atoms with Gasteiger partial charge in [0.1, 0.15) is 5.82 Å². The minimum Gasteiger partial charge on any atom is -0.368 e. The van der Waals surface area contributed by atoms with Crippen LogP contribution >= 0.6 is 0 Å². The van der Waals surface area contributed by atoms with Crippen molar-refractivity contribution < 1.29 is 0 Å². The maximum absolute atomic E-state index is 5.98. The average Bonchev–Trinajstić information content (AvgIpc) is 2.56. The summed E-state index contributed by atoms with van der Waals surface area (Å²) in [6.45, 7) is 6.05. The van der Waals surface area contributed by atoms with Gasteiger partial charge in [-0.3, -0.25) is 0 Å². The fourth-order valence-corrected chi connectivity index (χ4v) is 2.74. The standard InChI is InChI=1S/C17H22N4/c1-14(18)15-5-4-6-16(13-15)20-9-11-21(12-10-20)17-7-2-3-8-19-17/h2-8,13-14H,9-12,18H2,1H3/t14-/m1/s1. The number of rotatable bonds is 3. The molecule has 1 fully saturated rings. The number of anilines is 2. The number of benzene rings is 1. The summed E-state index contributed by atoms with van der Waals surface area (Å²) in [4.78, 5) is 9.19. The van der Waals surface area contributed by atoms with Gasteiger partial charge in [0.25, 0.3) is 0 Å². The zero-order valence-electron chi connectivity index (χ0n) is 12.4. The Kier molecular flexibility index (Phi) is 4.06. The molecule has 0 radical (unpaired) electrons. The summed E-state index contributed by atoms with van der Waals surface area (Å²) < 4.78 is 0. The highest BCUT2D eigenvalue weighted by molar-refractivity contribution is 5.51. The quantitative estimate of drug-likeness (QED) is 0.939. The number of aromatic nitrogens is 1. The molecule has 2 aromatic rings. The van der Waals surface area contributed by atoms with E-state index >= 15 is 0 Å². The van der Waals surface area contributed by atoms with Gasteiger partial charge in [0, 0.05) is 44.1 Å². The molecule has 3 rings (SSSR count). The Morgan fingerprint density at radius 2 is 1.76 bits per heavy atom. The van der Waals surface area contributed by atoms with E-state index < -0.39 is 0 Å². The Bertz CT molecular complexity index is 574. The van der Waals surface area contributed by atoms with Gasteiger partial charge in [-0.25, -0.2) is 4.98 Å². The van der Waals surface area contributed by atoms with Crippen molar-refractivity contribution >= 4 is 11.5 Å². The number of nitrogens with zero attached hydrogens (tertiary/aromatic N) is 3. The highest BCUT2D eigenvalue weighted by atomic mass is 15.3. The molecule has 0 spiro atoms. The number of piperazine rings is 1. The van der Waals surface area contributed by atoms with Crippen LogP contribution in [0.1, 0.15) is 18.5 Å². The number of pyridine rings is 1. The molecule has 1 aliphatic heterocycles. The lowest BCUT2D eigenvalue weighted by atomic mass is 10.1. The average molecular weight is 282 g/mol. The van der Waals surface area contributed by atoms with E-state index in [0.29, 0.717) is 0 Å². The molecule has 21 heavy (non-hydrogen) atoms. The van der Waals surface area contributed by atoms with Crippen LogP contribution < -0.4 is 15.5 Å². The summed E-state index contributed by atoms with van der Waals surface area (Å²) in [6.07, 6.45) is 1.85. The Labute approximate surface area is 126 Å². The molecule has 1 atom stereocenters. The smallest absolute Gasteiger partial charge is 0.128 e. The summed E-state index contributed by atoms with van der Waals surface area (Å²) in [5, 5.41) is 0. The molecule has 2 heterocycles. The van der Waals surface area contributed by atoms with Crippen molar-refractivity contribution in [1.82, 2.24) is 4.98 Å². The molecule has 1 aromatic heterocycles. The molecule has 1 saturated heterocycles. The molecule has 110 valence electrons. The van der Waals surface area contributed by atoms with Gasteiger partial charge < -0.3 is 15.5 Å². The SMILES string of the molecule is C[C@@H](N)c1cccc(N2CCN(c3ccccn3)CC2)c1. The first-order chi connectivity index (χ1) is 10.2. The van der Waals surface area contributed by atoms with E-state index in [-0.39, 0.29) is 6.04 Å². The first-order valence-electron chi connectivity index (χ1n) is 7.50. The van der Waals surface area contributed by atoms with Crippen molar-refractivity contribution in [2.24, 2.45) is 5.73 Å². The fourth-order valence-electron chi connectivity index (χ4n) is 2.74. The molecule has 2 N–H and O–H groups in total. The van der Waals surface area contributed by atoms with Crippen molar-refractivity contribution in [3.63, 3.8) is 0 Å². The number of hydrogen-bond donors (Lipinski definition) is 1. The molecule has 0 bridgehead atoms. The van der Waals surface area contributed by atoms with E-state index in [0.717, 1.165) is 32.0 Å². The van der Waals surface area contributed by atoms with Gasteiger partial charge >= 0.3 is 0 Å². The van der Waals surface area contributed by atoms with Crippen LogP contribution in [0, 0.1) is 0 Å².